The summed E-state index contributed by atoms with van der Waals surface area (Å²) in [7, 11) is 0. The number of morpholine rings is 1. The standard InChI is InChI=1S/C16H23N3O3/c1-12-2-4-13(5-3-12)15(17)16(21)18-7-6-14(20)19-8-10-22-11-9-19/h2-5,15H,6-11,17H2,1H3,(H,18,21). The Bertz CT molecular complexity index is 510. The molecule has 0 bridgehead atoms. The van der Waals surface area contributed by atoms with Crippen molar-refractivity contribution in [1.29, 1.82) is 0 Å². The highest BCUT2D eigenvalue weighted by molar-refractivity contribution is 5.83. The fourth-order valence-corrected chi connectivity index (χ4v) is 2.30. The zero-order valence-corrected chi connectivity index (χ0v) is 12.9. The third-order valence-electron chi connectivity index (χ3n) is 3.72. The topological polar surface area (TPSA) is 84.7 Å². The quantitative estimate of drug-likeness (QED) is 0.822. The summed E-state index contributed by atoms with van der Waals surface area (Å²) in [6.45, 7) is 4.68. The van der Waals surface area contributed by atoms with Crippen molar-refractivity contribution in [2.45, 2.75) is 19.4 Å². The van der Waals surface area contributed by atoms with Gasteiger partial charge in [-0.05, 0) is 12.5 Å². The summed E-state index contributed by atoms with van der Waals surface area (Å²) in [6, 6.07) is 6.82. The molecule has 1 unspecified atom stereocenters. The molecule has 22 heavy (non-hydrogen) atoms. The predicted octanol–water partition coefficient (Wildman–Crippen LogP) is 0.360. The summed E-state index contributed by atoms with van der Waals surface area (Å²) < 4.78 is 5.20. The Morgan fingerprint density at radius 2 is 1.91 bits per heavy atom. The Labute approximate surface area is 130 Å². The number of carbonyl (C=O) groups is 2. The summed E-state index contributed by atoms with van der Waals surface area (Å²) in [4.78, 5) is 25.7. The number of nitrogens with zero attached hydrogens (tertiary/aromatic N) is 1. The number of carbonyl (C=O) groups excluding carboxylic acids is 2. The normalized spacial score (nSPS) is 16.2. The monoisotopic (exact) mass is 305 g/mol. The second kappa shape index (κ2) is 7.91. The van der Waals surface area contributed by atoms with E-state index in [4.69, 9.17) is 10.5 Å². The number of nitrogens with two attached hydrogens (primary N) is 1. The van der Waals surface area contributed by atoms with Gasteiger partial charge in [-0.1, -0.05) is 29.8 Å². The SMILES string of the molecule is Cc1ccc(C(N)C(=O)NCCC(=O)N2CCOCC2)cc1. The van der Waals surface area contributed by atoms with E-state index in [1.807, 2.05) is 31.2 Å². The summed E-state index contributed by atoms with van der Waals surface area (Å²) >= 11 is 0. The van der Waals surface area contributed by atoms with Crippen LogP contribution in [0.4, 0.5) is 0 Å². The Morgan fingerprint density at radius 1 is 1.27 bits per heavy atom. The molecule has 1 aromatic rings. The molecule has 0 saturated carbocycles. The van der Waals surface area contributed by atoms with Crippen LogP contribution in [0.5, 0.6) is 0 Å². The highest BCUT2D eigenvalue weighted by Gasteiger charge is 2.18. The smallest absolute Gasteiger partial charge is 0.241 e. The first-order valence-electron chi connectivity index (χ1n) is 7.53. The van der Waals surface area contributed by atoms with Crippen LogP contribution in [0.25, 0.3) is 0 Å². The third kappa shape index (κ3) is 4.54. The maximum atomic E-state index is 12.0. The zero-order chi connectivity index (χ0) is 15.9. The molecule has 3 N–H and O–H groups in total. The Morgan fingerprint density at radius 3 is 2.55 bits per heavy atom. The first kappa shape index (κ1) is 16.5. The molecule has 1 fully saturated rings. The Kier molecular flexibility index (Phi) is 5.91. The number of hydrogen-bond acceptors (Lipinski definition) is 4. The van der Waals surface area contributed by atoms with E-state index in [-0.39, 0.29) is 18.2 Å². The molecule has 0 aliphatic carbocycles. The summed E-state index contributed by atoms with van der Waals surface area (Å²) in [5.41, 5.74) is 7.81. The van der Waals surface area contributed by atoms with Crippen LogP contribution in [0, 0.1) is 6.92 Å². The van der Waals surface area contributed by atoms with Gasteiger partial charge in [-0.15, -0.1) is 0 Å². The van der Waals surface area contributed by atoms with Gasteiger partial charge < -0.3 is 20.7 Å². The van der Waals surface area contributed by atoms with Crippen molar-refractivity contribution in [3.63, 3.8) is 0 Å². The van der Waals surface area contributed by atoms with Gasteiger partial charge in [-0.25, -0.2) is 0 Å². The molecule has 0 radical (unpaired) electrons. The van der Waals surface area contributed by atoms with Gasteiger partial charge in [0.15, 0.2) is 0 Å². The Hall–Kier alpha value is -1.92. The van der Waals surface area contributed by atoms with Crippen LogP contribution in [0.1, 0.15) is 23.6 Å². The number of nitrogens with one attached hydrogen (secondary N) is 1. The molecule has 1 heterocycles. The molecule has 0 aromatic heterocycles. The van der Waals surface area contributed by atoms with Crippen molar-refractivity contribution < 1.29 is 14.3 Å². The van der Waals surface area contributed by atoms with Gasteiger partial charge >= 0.3 is 0 Å². The summed E-state index contributed by atoms with van der Waals surface area (Å²) in [5, 5.41) is 2.72. The van der Waals surface area contributed by atoms with Crippen LogP contribution in [0.3, 0.4) is 0 Å². The summed E-state index contributed by atoms with van der Waals surface area (Å²) in [6.07, 6.45) is 0.284. The molecule has 1 aliphatic rings. The highest BCUT2D eigenvalue weighted by atomic mass is 16.5. The van der Waals surface area contributed by atoms with Crippen LogP contribution in [-0.4, -0.2) is 49.6 Å². The van der Waals surface area contributed by atoms with Crippen molar-refractivity contribution in [3.05, 3.63) is 35.4 Å². The van der Waals surface area contributed by atoms with Crippen LogP contribution in [-0.2, 0) is 14.3 Å². The fraction of sp³-hybridized carbons (Fsp3) is 0.500. The molecule has 2 amide bonds. The van der Waals surface area contributed by atoms with Gasteiger partial charge in [-0.2, -0.15) is 0 Å². The van der Waals surface area contributed by atoms with E-state index in [2.05, 4.69) is 5.32 Å². The molecule has 1 aromatic carbocycles. The molecule has 6 nitrogen and oxygen atoms in total. The van der Waals surface area contributed by atoms with Gasteiger partial charge in [0.05, 0.1) is 13.2 Å². The molecule has 6 heteroatoms. The lowest BCUT2D eigenvalue weighted by Crippen LogP contribution is -2.42. The first-order chi connectivity index (χ1) is 10.6. The van der Waals surface area contributed by atoms with E-state index >= 15 is 0 Å². The van der Waals surface area contributed by atoms with E-state index in [1.54, 1.807) is 4.90 Å². The van der Waals surface area contributed by atoms with E-state index in [0.29, 0.717) is 32.8 Å². The minimum Gasteiger partial charge on any atom is -0.378 e. The van der Waals surface area contributed by atoms with Crippen molar-refractivity contribution in [3.8, 4) is 0 Å². The average Bonchev–Trinajstić information content (AvgIpc) is 2.55. The van der Waals surface area contributed by atoms with Crippen LogP contribution >= 0.6 is 0 Å². The molecular weight excluding hydrogens is 282 g/mol. The predicted molar refractivity (Wildman–Crippen MR) is 83.1 cm³/mol. The maximum Gasteiger partial charge on any atom is 0.241 e. The van der Waals surface area contributed by atoms with E-state index in [1.165, 1.54) is 0 Å². The van der Waals surface area contributed by atoms with Crippen molar-refractivity contribution in [2.24, 2.45) is 5.73 Å². The molecule has 2 rings (SSSR count). The highest BCUT2D eigenvalue weighted by Crippen LogP contribution is 2.11. The number of aryl methyl sites for hydroxylation is 1. The maximum absolute atomic E-state index is 12.0. The second-order valence-electron chi connectivity index (χ2n) is 5.42. The van der Waals surface area contributed by atoms with Crippen LogP contribution in [0.2, 0.25) is 0 Å². The lowest BCUT2D eigenvalue weighted by atomic mass is 10.1. The third-order valence-corrected chi connectivity index (χ3v) is 3.72. The number of hydrogen-bond donors (Lipinski definition) is 2. The van der Waals surface area contributed by atoms with Crippen molar-refractivity contribution in [2.75, 3.05) is 32.8 Å². The van der Waals surface area contributed by atoms with Crippen LogP contribution < -0.4 is 11.1 Å². The lowest BCUT2D eigenvalue weighted by Gasteiger charge is -2.26. The zero-order valence-electron chi connectivity index (χ0n) is 12.9. The van der Waals surface area contributed by atoms with Gasteiger partial charge in [0.2, 0.25) is 11.8 Å². The van der Waals surface area contributed by atoms with Gasteiger partial charge in [0, 0.05) is 26.1 Å². The summed E-state index contributed by atoms with van der Waals surface area (Å²) in [5.74, 6) is -0.230. The van der Waals surface area contributed by atoms with Crippen LogP contribution in [0.15, 0.2) is 24.3 Å². The molecule has 1 aliphatic heterocycles. The van der Waals surface area contributed by atoms with Crippen molar-refractivity contribution >= 4 is 11.8 Å². The molecule has 1 saturated heterocycles. The lowest BCUT2D eigenvalue weighted by molar-refractivity contribution is -0.135. The Balaban J connectivity index is 1.75. The molecule has 120 valence electrons. The minimum absolute atomic E-state index is 0.0347. The first-order valence-corrected chi connectivity index (χ1v) is 7.53. The fourth-order valence-electron chi connectivity index (χ4n) is 2.30. The number of ether oxygens (including phenoxy) is 1. The average molecular weight is 305 g/mol. The molecule has 1 atom stereocenters. The van der Waals surface area contributed by atoms with E-state index in [9.17, 15) is 9.59 Å². The molecule has 0 spiro atoms. The van der Waals surface area contributed by atoms with Gasteiger partial charge in [0.25, 0.3) is 0 Å². The number of benzene rings is 1. The largest absolute Gasteiger partial charge is 0.378 e. The van der Waals surface area contributed by atoms with Gasteiger partial charge in [0.1, 0.15) is 6.04 Å². The van der Waals surface area contributed by atoms with E-state index < -0.39 is 6.04 Å². The number of amides is 2. The van der Waals surface area contributed by atoms with Crippen molar-refractivity contribution in [1.82, 2.24) is 10.2 Å². The van der Waals surface area contributed by atoms with Gasteiger partial charge in [-0.3, -0.25) is 9.59 Å². The molecular formula is C16H23N3O3. The second-order valence-corrected chi connectivity index (χ2v) is 5.42. The minimum atomic E-state index is -0.709. The van der Waals surface area contributed by atoms with E-state index in [0.717, 1.165) is 11.1 Å². The number of rotatable bonds is 5.